The monoisotopic (exact) mass is 293 g/mol. The summed E-state index contributed by atoms with van der Waals surface area (Å²) in [6.07, 6.45) is -3.85. The van der Waals surface area contributed by atoms with Crippen LogP contribution < -0.4 is 5.14 Å². The molecule has 19 heavy (non-hydrogen) atoms. The van der Waals surface area contributed by atoms with Gasteiger partial charge < -0.3 is 0 Å². The van der Waals surface area contributed by atoms with Gasteiger partial charge in [-0.2, -0.15) is 13.2 Å². The lowest BCUT2D eigenvalue weighted by Gasteiger charge is -2.18. The molecule has 2 nitrogen and oxygen atoms in total. The van der Waals surface area contributed by atoms with Crippen molar-refractivity contribution in [2.24, 2.45) is 5.14 Å². The minimum absolute atomic E-state index is 0.122. The van der Waals surface area contributed by atoms with Crippen LogP contribution in [0.25, 0.3) is 0 Å². The van der Waals surface area contributed by atoms with E-state index in [1.54, 1.807) is 19.9 Å². The molecule has 0 bridgehead atoms. The predicted octanol–water partition coefficient (Wildman–Crippen LogP) is 3.52. The van der Waals surface area contributed by atoms with Crippen LogP contribution in [0, 0.1) is 6.92 Å². The largest absolute Gasteiger partial charge is 0.416 e. The highest BCUT2D eigenvalue weighted by Gasteiger charge is 2.31. The molecule has 1 aromatic rings. The molecule has 0 heterocycles. The Morgan fingerprint density at radius 3 is 2.32 bits per heavy atom. The van der Waals surface area contributed by atoms with E-state index < -0.39 is 22.7 Å². The second kappa shape index (κ2) is 6.05. The molecule has 2 unspecified atom stereocenters. The van der Waals surface area contributed by atoms with Crippen molar-refractivity contribution in [3.8, 4) is 0 Å². The molecular weight excluding hydrogens is 275 g/mol. The normalized spacial score (nSPS) is 17.0. The number of aryl methyl sites for hydroxylation is 1. The fraction of sp³-hybridized carbons (Fsp3) is 0.538. The zero-order valence-electron chi connectivity index (χ0n) is 11.1. The van der Waals surface area contributed by atoms with Crippen LogP contribution >= 0.6 is 0 Å². The van der Waals surface area contributed by atoms with Gasteiger partial charge in [-0.1, -0.05) is 18.6 Å². The van der Waals surface area contributed by atoms with E-state index in [1.165, 1.54) is 0 Å². The highest BCUT2D eigenvalue weighted by molar-refractivity contribution is 7.83. The molecular formula is C13H18F3NOS. The molecule has 0 aliphatic carbocycles. The van der Waals surface area contributed by atoms with Crippen molar-refractivity contribution in [3.63, 3.8) is 0 Å². The lowest BCUT2D eigenvalue weighted by atomic mass is 9.93. The second-order valence-corrected chi connectivity index (χ2v) is 6.37. The van der Waals surface area contributed by atoms with Gasteiger partial charge in [-0.25, -0.2) is 4.21 Å². The molecule has 0 saturated carbocycles. The average Bonchev–Trinajstić information content (AvgIpc) is 2.26. The van der Waals surface area contributed by atoms with Gasteiger partial charge in [-0.15, -0.1) is 0 Å². The van der Waals surface area contributed by atoms with E-state index in [4.69, 9.17) is 5.14 Å². The first-order valence-electron chi connectivity index (χ1n) is 5.95. The summed E-state index contributed by atoms with van der Waals surface area (Å²) in [6.45, 7) is 5.18. The molecule has 0 saturated heterocycles. The Balaban J connectivity index is 3.01. The van der Waals surface area contributed by atoms with E-state index in [2.05, 4.69) is 0 Å². The van der Waals surface area contributed by atoms with Crippen LogP contribution in [0.15, 0.2) is 18.2 Å². The topological polar surface area (TPSA) is 43.1 Å². The summed E-state index contributed by atoms with van der Waals surface area (Å²) >= 11 is 0. The van der Waals surface area contributed by atoms with Gasteiger partial charge in [-0.05, 0) is 43.9 Å². The first-order chi connectivity index (χ1) is 8.61. The molecule has 0 radical (unpaired) electrons. The Morgan fingerprint density at radius 1 is 1.26 bits per heavy atom. The first-order valence-corrected chi connectivity index (χ1v) is 7.22. The first kappa shape index (κ1) is 16.2. The minimum Gasteiger partial charge on any atom is -0.252 e. The molecule has 0 fully saturated rings. The molecule has 1 rings (SSSR count). The molecule has 0 aliphatic heterocycles. The van der Waals surface area contributed by atoms with Crippen molar-refractivity contribution < 1.29 is 17.4 Å². The molecule has 1 aromatic carbocycles. The van der Waals surface area contributed by atoms with Crippen LogP contribution in [0.3, 0.4) is 0 Å². The Bertz CT molecular complexity index is 473. The van der Waals surface area contributed by atoms with Crippen LogP contribution in [0.2, 0.25) is 0 Å². The second-order valence-electron chi connectivity index (χ2n) is 4.91. The smallest absolute Gasteiger partial charge is 0.252 e. The van der Waals surface area contributed by atoms with Crippen molar-refractivity contribution in [1.29, 1.82) is 0 Å². The maximum atomic E-state index is 12.7. The van der Waals surface area contributed by atoms with Crippen molar-refractivity contribution in [2.75, 3.05) is 0 Å². The Morgan fingerprint density at radius 2 is 1.84 bits per heavy atom. The van der Waals surface area contributed by atoms with Gasteiger partial charge in [0.1, 0.15) is 0 Å². The van der Waals surface area contributed by atoms with Crippen molar-refractivity contribution in [2.45, 2.75) is 44.5 Å². The zero-order valence-corrected chi connectivity index (χ0v) is 11.9. The Hall–Kier alpha value is -0.880. The average molecular weight is 293 g/mol. The molecule has 6 heteroatoms. The van der Waals surface area contributed by atoms with E-state index in [0.29, 0.717) is 17.5 Å². The number of rotatable bonds is 4. The van der Waals surface area contributed by atoms with Gasteiger partial charge in [-0.3, -0.25) is 5.14 Å². The van der Waals surface area contributed by atoms with Gasteiger partial charge in [0.05, 0.1) is 16.5 Å². The molecule has 0 amide bonds. The highest BCUT2D eigenvalue weighted by atomic mass is 32.2. The summed E-state index contributed by atoms with van der Waals surface area (Å²) in [6, 6.07) is 4.01. The fourth-order valence-electron chi connectivity index (χ4n) is 1.99. The predicted molar refractivity (Wildman–Crippen MR) is 71.0 cm³/mol. The zero-order chi connectivity index (χ0) is 14.8. The number of nitrogens with two attached hydrogens (primary N) is 1. The summed E-state index contributed by atoms with van der Waals surface area (Å²) in [7, 11) is -1.45. The van der Waals surface area contributed by atoms with Crippen LogP contribution in [0.4, 0.5) is 13.2 Å². The standard InChI is InChI=1S/C13H18F3NOS/c1-8-4-11(7-12(5-8)13(14,15)16)9(2)6-10(3)19(17)18/h4-5,7,9-10H,6,17H2,1-3H3/t9-,10?,19?/m1/s1. The molecule has 108 valence electrons. The van der Waals surface area contributed by atoms with Crippen LogP contribution in [-0.2, 0) is 17.2 Å². The molecule has 0 aliphatic rings. The third-order valence-corrected chi connectivity index (χ3v) is 4.06. The summed E-state index contributed by atoms with van der Waals surface area (Å²) in [5.74, 6) is -0.122. The Labute approximate surface area is 113 Å². The van der Waals surface area contributed by atoms with Gasteiger partial charge in [0.25, 0.3) is 0 Å². The van der Waals surface area contributed by atoms with Crippen molar-refractivity contribution in [1.82, 2.24) is 0 Å². The third-order valence-electron chi connectivity index (χ3n) is 3.08. The number of halogens is 3. The molecule has 3 atom stereocenters. The Kier molecular flexibility index (Phi) is 5.15. The van der Waals surface area contributed by atoms with Gasteiger partial charge in [0, 0.05) is 5.25 Å². The van der Waals surface area contributed by atoms with Crippen LogP contribution in [0.1, 0.15) is 42.9 Å². The van der Waals surface area contributed by atoms with Crippen molar-refractivity contribution >= 4 is 11.0 Å². The maximum absolute atomic E-state index is 12.7. The van der Waals surface area contributed by atoms with Crippen molar-refractivity contribution in [3.05, 3.63) is 34.9 Å². The minimum atomic E-state index is -4.34. The number of hydrogen-bond donors (Lipinski definition) is 1. The quantitative estimate of drug-likeness (QED) is 0.907. The van der Waals surface area contributed by atoms with E-state index in [9.17, 15) is 17.4 Å². The third kappa shape index (κ3) is 4.62. The molecule has 0 spiro atoms. The highest BCUT2D eigenvalue weighted by Crippen LogP contribution is 2.33. The number of hydrogen-bond acceptors (Lipinski definition) is 1. The SMILES string of the molecule is Cc1cc([C@H](C)CC(C)S(N)=O)cc(C(F)(F)F)c1. The molecule has 0 aromatic heterocycles. The summed E-state index contributed by atoms with van der Waals surface area (Å²) in [5, 5.41) is 5.04. The van der Waals surface area contributed by atoms with E-state index in [0.717, 1.165) is 12.1 Å². The number of alkyl halides is 3. The van der Waals surface area contributed by atoms with Gasteiger partial charge in [0.2, 0.25) is 0 Å². The lowest BCUT2D eigenvalue weighted by molar-refractivity contribution is -0.137. The van der Waals surface area contributed by atoms with Gasteiger partial charge in [0.15, 0.2) is 0 Å². The molecule has 2 N–H and O–H groups in total. The maximum Gasteiger partial charge on any atom is 0.416 e. The van der Waals surface area contributed by atoms with E-state index in [-0.39, 0.29) is 11.2 Å². The number of benzene rings is 1. The van der Waals surface area contributed by atoms with E-state index >= 15 is 0 Å². The van der Waals surface area contributed by atoms with Crippen LogP contribution in [0.5, 0.6) is 0 Å². The van der Waals surface area contributed by atoms with E-state index in [1.807, 2.05) is 6.92 Å². The summed E-state index contributed by atoms with van der Waals surface area (Å²) in [5.41, 5.74) is 0.527. The fourth-order valence-corrected chi connectivity index (χ4v) is 2.47. The van der Waals surface area contributed by atoms with Crippen LogP contribution in [-0.4, -0.2) is 9.46 Å². The van der Waals surface area contributed by atoms with Gasteiger partial charge >= 0.3 is 6.18 Å². The lowest BCUT2D eigenvalue weighted by Crippen LogP contribution is -2.20. The summed E-state index contributed by atoms with van der Waals surface area (Å²) in [4.78, 5) is 0. The summed E-state index contributed by atoms with van der Waals surface area (Å²) < 4.78 is 49.3.